The van der Waals surface area contributed by atoms with E-state index in [1.807, 2.05) is 12.1 Å². The number of hydrogen-bond acceptors (Lipinski definition) is 11. The van der Waals surface area contributed by atoms with E-state index in [1.165, 1.54) is 33.5 Å². The maximum absolute atomic E-state index is 13.6. The zero-order valence-electron chi connectivity index (χ0n) is 26.1. The molecule has 4 aromatic carbocycles. The van der Waals surface area contributed by atoms with E-state index < -0.39 is 38.9 Å². The van der Waals surface area contributed by atoms with Gasteiger partial charge >= 0.3 is 16.1 Å². The molecule has 0 saturated carbocycles. The van der Waals surface area contributed by atoms with E-state index in [-0.39, 0.29) is 30.7 Å². The quantitative estimate of drug-likeness (QED) is 0.114. The highest BCUT2D eigenvalue weighted by Crippen LogP contribution is 2.61. The van der Waals surface area contributed by atoms with Crippen LogP contribution in [0.2, 0.25) is 0 Å². The SMILES string of the molecule is COc1cc([C@@H]2c3cc4c(cc3[C@H](OCc3ccc(OS(=O)(=O)c5ccccc5)cc3)[C@H]3COC(=O)[C@]23Cl)OCO4)cc(OC)c1OC. The van der Waals surface area contributed by atoms with Crippen LogP contribution in [-0.4, -0.2) is 54.0 Å². The maximum Gasteiger partial charge on any atom is 0.339 e. The molecule has 13 heteroatoms. The van der Waals surface area contributed by atoms with E-state index >= 15 is 0 Å². The van der Waals surface area contributed by atoms with Gasteiger partial charge in [0.15, 0.2) is 27.9 Å². The van der Waals surface area contributed by atoms with Crippen LogP contribution in [0.5, 0.6) is 34.5 Å². The molecule has 11 nitrogen and oxygen atoms in total. The number of cyclic esters (lactones) is 1. The lowest BCUT2D eigenvalue weighted by atomic mass is 9.65. The van der Waals surface area contributed by atoms with Crippen molar-refractivity contribution in [3.63, 3.8) is 0 Å². The molecule has 48 heavy (non-hydrogen) atoms. The van der Waals surface area contributed by atoms with Crippen molar-refractivity contribution in [3.8, 4) is 34.5 Å². The van der Waals surface area contributed by atoms with E-state index in [2.05, 4.69) is 0 Å². The summed E-state index contributed by atoms with van der Waals surface area (Å²) < 4.78 is 71.2. The number of halogens is 1. The first-order chi connectivity index (χ1) is 23.2. The average Bonchev–Trinajstić information content (AvgIpc) is 3.69. The van der Waals surface area contributed by atoms with Crippen LogP contribution in [0.25, 0.3) is 0 Å². The molecular weight excluding hydrogens is 664 g/mol. The van der Waals surface area contributed by atoms with Crippen LogP contribution in [0.4, 0.5) is 0 Å². The van der Waals surface area contributed by atoms with Gasteiger partial charge in [0, 0.05) is 5.92 Å². The Balaban J connectivity index is 1.24. The van der Waals surface area contributed by atoms with Gasteiger partial charge in [-0.1, -0.05) is 30.3 Å². The molecule has 0 N–H and O–H groups in total. The number of hydrogen-bond donors (Lipinski definition) is 0. The highest BCUT2D eigenvalue weighted by Gasteiger charge is 2.64. The molecule has 250 valence electrons. The summed E-state index contributed by atoms with van der Waals surface area (Å²) in [7, 11) is 0.551. The van der Waals surface area contributed by atoms with E-state index in [0.717, 1.165) is 11.1 Å². The lowest BCUT2D eigenvalue weighted by Gasteiger charge is -2.43. The molecule has 0 unspecified atom stereocenters. The molecule has 1 aliphatic carbocycles. The molecule has 0 amide bonds. The van der Waals surface area contributed by atoms with Crippen LogP contribution in [0, 0.1) is 5.92 Å². The zero-order valence-corrected chi connectivity index (χ0v) is 27.7. The largest absolute Gasteiger partial charge is 0.493 e. The molecule has 7 rings (SSSR count). The fourth-order valence-electron chi connectivity index (χ4n) is 6.59. The second-order valence-corrected chi connectivity index (χ2v) is 13.6. The second-order valence-electron chi connectivity index (χ2n) is 11.4. The molecule has 2 aliphatic heterocycles. The summed E-state index contributed by atoms with van der Waals surface area (Å²) in [6.07, 6.45) is -0.689. The molecule has 4 aromatic rings. The number of benzene rings is 4. The number of alkyl halides is 1. The Bertz CT molecular complexity index is 1940. The molecular formula is C35H31ClO11S. The summed E-state index contributed by atoms with van der Waals surface area (Å²) in [4.78, 5) is 12.1. The van der Waals surface area contributed by atoms with E-state index in [0.29, 0.717) is 39.9 Å². The first-order valence-corrected chi connectivity index (χ1v) is 16.8. The van der Waals surface area contributed by atoms with Gasteiger partial charge in [-0.25, -0.2) is 0 Å². The second kappa shape index (κ2) is 12.4. The third-order valence-electron chi connectivity index (χ3n) is 8.84. The number of carbonyl (C=O) groups excluding carboxylic acids is 1. The molecule has 0 spiro atoms. The van der Waals surface area contributed by atoms with Gasteiger partial charge in [-0.3, -0.25) is 4.79 Å². The number of rotatable bonds is 10. The summed E-state index contributed by atoms with van der Waals surface area (Å²) in [5.41, 5.74) is 2.83. The molecule has 4 atom stereocenters. The van der Waals surface area contributed by atoms with Crippen LogP contribution >= 0.6 is 11.6 Å². The standard InChI is InChI=1S/C35H31ClO11S/c1-40-29-13-21(14-30(41-2)33(29)42-3)31-24-15-27-28(46-19-45-27)16-25(24)32(26-18-44-34(37)35(26,31)36)43-17-20-9-11-22(12-10-20)47-48(38,39)23-7-5-4-6-8-23/h4-16,26,31-32H,17-19H2,1-3H3/t26-,31-,32+,35-/m1/s1. The van der Waals surface area contributed by atoms with Gasteiger partial charge in [-0.05, 0) is 70.8 Å². The van der Waals surface area contributed by atoms with Crippen molar-refractivity contribution in [2.45, 2.75) is 28.4 Å². The van der Waals surface area contributed by atoms with E-state index in [9.17, 15) is 13.2 Å². The van der Waals surface area contributed by atoms with Gasteiger partial charge in [0.25, 0.3) is 0 Å². The summed E-state index contributed by atoms with van der Waals surface area (Å²) in [5.74, 6) is 0.499. The summed E-state index contributed by atoms with van der Waals surface area (Å²) in [6, 6.07) is 21.7. The molecule has 2 heterocycles. The Labute approximate surface area is 282 Å². The fourth-order valence-corrected chi connectivity index (χ4v) is 8.01. The van der Waals surface area contributed by atoms with Gasteiger partial charge in [0.2, 0.25) is 12.5 Å². The van der Waals surface area contributed by atoms with Crippen LogP contribution in [0.15, 0.2) is 83.8 Å². The van der Waals surface area contributed by atoms with Crippen LogP contribution in [0.1, 0.15) is 34.3 Å². The highest BCUT2D eigenvalue weighted by molar-refractivity contribution is 7.87. The Morgan fingerprint density at radius 3 is 2.10 bits per heavy atom. The first kappa shape index (κ1) is 31.9. The topological polar surface area (TPSA) is 125 Å². The van der Waals surface area contributed by atoms with Gasteiger partial charge in [0.1, 0.15) is 10.6 Å². The molecule has 3 aliphatic rings. The van der Waals surface area contributed by atoms with Crippen LogP contribution in [-0.2, 0) is 31.0 Å². The fraction of sp³-hybridized carbons (Fsp3) is 0.286. The van der Waals surface area contributed by atoms with Crippen molar-refractivity contribution in [3.05, 3.63) is 101 Å². The van der Waals surface area contributed by atoms with Crippen LogP contribution in [0.3, 0.4) is 0 Å². The molecule has 1 fully saturated rings. The van der Waals surface area contributed by atoms with Crippen molar-refractivity contribution in [2.24, 2.45) is 5.92 Å². The van der Waals surface area contributed by atoms with Crippen molar-refractivity contribution >= 4 is 27.7 Å². The number of methoxy groups -OCH3 is 3. The minimum absolute atomic E-state index is 0.0198. The smallest absolute Gasteiger partial charge is 0.339 e. The first-order valence-electron chi connectivity index (χ1n) is 15.0. The lowest BCUT2D eigenvalue weighted by Crippen LogP contribution is -2.48. The maximum atomic E-state index is 13.6. The molecule has 0 aromatic heterocycles. The summed E-state index contributed by atoms with van der Waals surface area (Å²) in [6.45, 7) is 0.174. The predicted octanol–water partition coefficient (Wildman–Crippen LogP) is 5.76. The Hall–Kier alpha value is -4.65. The van der Waals surface area contributed by atoms with Crippen LogP contribution < -0.4 is 27.9 Å². The Morgan fingerprint density at radius 1 is 0.833 bits per heavy atom. The van der Waals surface area contributed by atoms with Crippen molar-refractivity contribution < 1.29 is 50.6 Å². The van der Waals surface area contributed by atoms with Gasteiger partial charge in [-0.2, -0.15) is 8.42 Å². The van der Waals surface area contributed by atoms with E-state index in [1.54, 1.807) is 54.6 Å². The van der Waals surface area contributed by atoms with Crippen molar-refractivity contribution in [2.75, 3.05) is 34.7 Å². The van der Waals surface area contributed by atoms with Gasteiger partial charge in [-0.15, -0.1) is 11.6 Å². The molecule has 0 radical (unpaired) electrons. The van der Waals surface area contributed by atoms with Gasteiger partial charge < -0.3 is 37.3 Å². The highest BCUT2D eigenvalue weighted by atomic mass is 35.5. The number of ether oxygens (including phenoxy) is 7. The minimum Gasteiger partial charge on any atom is -0.493 e. The van der Waals surface area contributed by atoms with Crippen molar-refractivity contribution in [1.29, 1.82) is 0 Å². The normalized spacial score (nSPS) is 22.3. The Kier molecular flexibility index (Phi) is 8.26. The monoisotopic (exact) mass is 694 g/mol. The molecule has 0 bridgehead atoms. The zero-order chi connectivity index (χ0) is 33.6. The average molecular weight is 695 g/mol. The van der Waals surface area contributed by atoms with Gasteiger partial charge in [0.05, 0.1) is 46.6 Å². The minimum atomic E-state index is -3.99. The summed E-state index contributed by atoms with van der Waals surface area (Å²) in [5, 5.41) is 0. The number of carbonyl (C=O) groups is 1. The molecule has 1 saturated heterocycles. The van der Waals surface area contributed by atoms with Crippen molar-refractivity contribution in [1.82, 2.24) is 0 Å². The third-order valence-corrected chi connectivity index (χ3v) is 10.8. The van der Waals surface area contributed by atoms with E-state index in [4.69, 9.17) is 48.9 Å². The predicted molar refractivity (Wildman–Crippen MR) is 172 cm³/mol. The lowest BCUT2D eigenvalue weighted by molar-refractivity contribution is -0.140. The third kappa shape index (κ3) is 5.33. The number of esters is 1. The Morgan fingerprint density at radius 2 is 1.48 bits per heavy atom. The number of fused-ring (bicyclic) bond motifs is 3. The summed E-state index contributed by atoms with van der Waals surface area (Å²) >= 11 is 7.46.